The number of ether oxygens (including phenoxy) is 2. The third kappa shape index (κ3) is 2.99. The van der Waals surface area contributed by atoms with Crippen LogP contribution < -0.4 is 4.74 Å². The molecule has 0 fully saturated rings. The van der Waals surface area contributed by atoms with Gasteiger partial charge in [-0.15, -0.1) is 0 Å². The molecule has 0 radical (unpaired) electrons. The van der Waals surface area contributed by atoms with Crippen molar-refractivity contribution in [1.82, 2.24) is 14.8 Å². The van der Waals surface area contributed by atoms with Gasteiger partial charge in [-0.2, -0.15) is 5.10 Å². The maximum Gasteiger partial charge on any atom is 0.342 e. The lowest BCUT2D eigenvalue weighted by Crippen LogP contribution is -2.07. The molecule has 0 amide bonds. The number of carbonyl (C=O) groups is 1. The lowest BCUT2D eigenvalue weighted by molar-refractivity contribution is 0.0527. The topological polar surface area (TPSA) is 66.2 Å². The second kappa shape index (κ2) is 6.95. The molecule has 1 aromatic carbocycles. The van der Waals surface area contributed by atoms with Gasteiger partial charge in [-0.25, -0.2) is 9.48 Å². The molecule has 0 aliphatic carbocycles. The number of methoxy groups -OCH3 is 1. The Morgan fingerprint density at radius 1 is 1.12 bits per heavy atom. The number of hydrogen-bond donors (Lipinski definition) is 0. The quantitative estimate of drug-likeness (QED) is 0.675. The first-order valence-corrected chi connectivity index (χ1v) is 7.54. The van der Waals surface area contributed by atoms with Crippen molar-refractivity contribution < 1.29 is 14.3 Å². The fraction of sp³-hybridized carbons (Fsp3) is 0.167. The number of nitrogens with zero attached hydrogens (tertiary/aromatic N) is 3. The Kier molecular flexibility index (Phi) is 4.56. The van der Waals surface area contributed by atoms with Gasteiger partial charge in [0.25, 0.3) is 0 Å². The van der Waals surface area contributed by atoms with E-state index in [1.54, 1.807) is 31.1 Å². The summed E-state index contributed by atoms with van der Waals surface area (Å²) >= 11 is 0. The Morgan fingerprint density at radius 2 is 1.83 bits per heavy atom. The molecule has 6 heteroatoms. The van der Waals surface area contributed by atoms with Gasteiger partial charge in [0.2, 0.25) is 0 Å². The lowest BCUT2D eigenvalue weighted by Gasteiger charge is -2.10. The van der Waals surface area contributed by atoms with Gasteiger partial charge in [0.05, 0.1) is 31.3 Å². The fourth-order valence-corrected chi connectivity index (χ4v) is 2.41. The van der Waals surface area contributed by atoms with E-state index < -0.39 is 5.97 Å². The largest absolute Gasteiger partial charge is 0.497 e. The SMILES string of the molecule is CCOC(=O)c1cnn(-c2ccc(OC)cc2)c1-c1ccncc1. The van der Waals surface area contributed by atoms with Gasteiger partial charge in [0.15, 0.2) is 0 Å². The molecule has 0 spiro atoms. The molecule has 0 bridgehead atoms. The summed E-state index contributed by atoms with van der Waals surface area (Å²) in [5.41, 5.74) is 2.74. The Bertz CT molecular complexity index is 826. The molecule has 0 saturated heterocycles. The highest BCUT2D eigenvalue weighted by Crippen LogP contribution is 2.27. The van der Waals surface area contributed by atoms with Gasteiger partial charge in [0.1, 0.15) is 11.3 Å². The number of pyridine rings is 1. The highest BCUT2D eigenvalue weighted by Gasteiger charge is 2.21. The maximum atomic E-state index is 12.3. The smallest absolute Gasteiger partial charge is 0.342 e. The van der Waals surface area contributed by atoms with Crippen LogP contribution in [0.5, 0.6) is 5.75 Å². The van der Waals surface area contributed by atoms with Gasteiger partial charge in [-0.3, -0.25) is 4.98 Å². The average molecular weight is 323 g/mol. The number of hydrogen-bond acceptors (Lipinski definition) is 5. The molecule has 122 valence electrons. The summed E-state index contributed by atoms with van der Waals surface area (Å²) in [6.45, 7) is 2.08. The van der Waals surface area contributed by atoms with E-state index in [-0.39, 0.29) is 0 Å². The molecular formula is C18H17N3O3. The summed E-state index contributed by atoms with van der Waals surface area (Å²) < 4.78 is 12.0. The van der Waals surface area contributed by atoms with Gasteiger partial charge < -0.3 is 9.47 Å². The summed E-state index contributed by atoms with van der Waals surface area (Å²) in [6, 6.07) is 11.1. The molecule has 2 aromatic heterocycles. The third-order valence-corrected chi connectivity index (χ3v) is 3.54. The van der Waals surface area contributed by atoms with Crippen molar-refractivity contribution in [2.24, 2.45) is 0 Å². The number of benzene rings is 1. The second-order valence-electron chi connectivity index (χ2n) is 4.97. The molecule has 0 aliphatic heterocycles. The van der Waals surface area contributed by atoms with Crippen LogP contribution in [-0.2, 0) is 4.74 Å². The van der Waals surface area contributed by atoms with Gasteiger partial charge >= 0.3 is 5.97 Å². The van der Waals surface area contributed by atoms with Crippen LogP contribution in [-0.4, -0.2) is 34.5 Å². The monoisotopic (exact) mass is 323 g/mol. The van der Waals surface area contributed by atoms with Crippen molar-refractivity contribution in [2.45, 2.75) is 6.92 Å². The molecule has 2 heterocycles. The zero-order valence-electron chi connectivity index (χ0n) is 13.5. The summed E-state index contributed by atoms with van der Waals surface area (Å²) in [4.78, 5) is 16.3. The molecule has 0 saturated carbocycles. The molecule has 6 nitrogen and oxygen atoms in total. The number of carbonyl (C=O) groups excluding carboxylic acids is 1. The molecule has 0 atom stereocenters. The fourth-order valence-electron chi connectivity index (χ4n) is 2.41. The van der Waals surface area contributed by atoms with E-state index in [2.05, 4.69) is 10.1 Å². The first-order valence-electron chi connectivity index (χ1n) is 7.54. The van der Waals surface area contributed by atoms with E-state index in [1.807, 2.05) is 36.4 Å². The first-order chi connectivity index (χ1) is 11.7. The van der Waals surface area contributed by atoms with Gasteiger partial charge in [-0.05, 0) is 43.3 Å². The lowest BCUT2D eigenvalue weighted by atomic mass is 10.1. The van der Waals surface area contributed by atoms with Gasteiger partial charge in [-0.1, -0.05) is 0 Å². The van der Waals surface area contributed by atoms with Crippen LogP contribution in [0.3, 0.4) is 0 Å². The number of rotatable bonds is 5. The van der Waals surface area contributed by atoms with Crippen molar-refractivity contribution in [3.63, 3.8) is 0 Å². The predicted molar refractivity (Wildman–Crippen MR) is 89.3 cm³/mol. The van der Waals surface area contributed by atoms with Crippen molar-refractivity contribution in [3.8, 4) is 22.7 Å². The van der Waals surface area contributed by atoms with Crippen molar-refractivity contribution in [2.75, 3.05) is 13.7 Å². The highest BCUT2D eigenvalue weighted by molar-refractivity contribution is 5.96. The normalized spacial score (nSPS) is 10.4. The molecule has 0 aliphatic rings. The molecular weight excluding hydrogens is 306 g/mol. The zero-order valence-corrected chi connectivity index (χ0v) is 13.5. The zero-order chi connectivity index (χ0) is 16.9. The minimum Gasteiger partial charge on any atom is -0.497 e. The van der Waals surface area contributed by atoms with Crippen molar-refractivity contribution >= 4 is 5.97 Å². The molecule has 3 rings (SSSR count). The van der Waals surface area contributed by atoms with Crippen molar-refractivity contribution in [3.05, 3.63) is 60.6 Å². The Balaban J connectivity index is 2.13. The third-order valence-electron chi connectivity index (χ3n) is 3.54. The molecule has 24 heavy (non-hydrogen) atoms. The van der Waals surface area contributed by atoms with Crippen LogP contribution in [0.25, 0.3) is 16.9 Å². The average Bonchev–Trinajstić information content (AvgIpc) is 3.08. The maximum absolute atomic E-state index is 12.3. The summed E-state index contributed by atoms with van der Waals surface area (Å²) in [7, 11) is 1.62. The second-order valence-corrected chi connectivity index (χ2v) is 4.97. The summed E-state index contributed by atoms with van der Waals surface area (Å²) in [5, 5.41) is 4.38. The Morgan fingerprint density at radius 3 is 2.46 bits per heavy atom. The van der Waals surface area contributed by atoms with Crippen LogP contribution >= 0.6 is 0 Å². The van der Waals surface area contributed by atoms with E-state index in [4.69, 9.17) is 9.47 Å². The van der Waals surface area contributed by atoms with Crippen LogP contribution in [0, 0.1) is 0 Å². The summed E-state index contributed by atoms with van der Waals surface area (Å²) in [5.74, 6) is 0.353. The predicted octanol–water partition coefficient (Wildman–Crippen LogP) is 3.12. The Labute approximate surface area is 139 Å². The molecule has 3 aromatic rings. The van der Waals surface area contributed by atoms with E-state index in [9.17, 15) is 4.79 Å². The highest BCUT2D eigenvalue weighted by atomic mass is 16.5. The first kappa shape index (κ1) is 15.7. The van der Waals surface area contributed by atoms with Crippen LogP contribution in [0.4, 0.5) is 0 Å². The number of aromatic nitrogens is 3. The van der Waals surface area contributed by atoms with E-state index in [1.165, 1.54) is 6.20 Å². The van der Waals surface area contributed by atoms with Crippen LogP contribution in [0.1, 0.15) is 17.3 Å². The minimum atomic E-state index is -0.399. The van der Waals surface area contributed by atoms with Gasteiger partial charge in [0, 0.05) is 18.0 Å². The van der Waals surface area contributed by atoms with Crippen LogP contribution in [0.2, 0.25) is 0 Å². The van der Waals surface area contributed by atoms with E-state index in [0.717, 1.165) is 17.0 Å². The minimum absolute atomic E-state index is 0.308. The molecule has 0 N–H and O–H groups in total. The van der Waals surface area contributed by atoms with E-state index >= 15 is 0 Å². The molecule has 0 unspecified atom stereocenters. The standard InChI is InChI=1S/C18H17N3O3/c1-3-24-18(22)16-12-20-21(14-4-6-15(23-2)7-5-14)17(16)13-8-10-19-11-9-13/h4-12H,3H2,1-2H3. The summed E-state index contributed by atoms with van der Waals surface area (Å²) in [6.07, 6.45) is 4.88. The van der Waals surface area contributed by atoms with E-state index in [0.29, 0.717) is 17.9 Å². The Hall–Kier alpha value is -3.15. The van der Waals surface area contributed by atoms with Crippen LogP contribution in [0.15, 0.2) is 55.0 Å². The number of esters is 1. The van der Waals surface area contributed by atoms with Crippen molar-refractivity contribution in [1.29, 1.82) is 0 Å².